The van der Waals surface area contributed by atoms with Gasteiger partial charge in [0.2, 0.25) is 0 Å². The molecule has 27 heavy (non-hydrogen) atoms. The van der Waals surface area contributed by atoms with Gasteiger partial charge in [-0.1, -0.05) is 17.3 Å². The maximum absolute atomic E-state index is 12.5. The van der Waals surface area contributed by atoms with Gasteiger partial charge in [-0.25, -0.2) is 13.4 Å². The summed E-state index contributed by atoms with van der Waals surface area (Å²) in [5.41, 5.74) is 1.41. The highest BCUT2D eigenvalue weighted by Gasteiger charge is 2.24. The second-order valence-electron chi connectivity index (χ2n) is 5.75. The van der Waals surface area contributed by atoms with Crippen LogP contribution in [0.5, 0.6) is 5.75 Å². The number of sulfonamides is 1. The Bertz CT molecular complexity index is 1010. The van der Waals surface area contributed by atoms with E-state index in [-0.39, 0.29) is 10.7 Å². The summed E-state index contributed by atoms with van der Waals surface area (Å²) in [6.45, 7) is 5.59. The SMILES string of the molecule is CCOc1ccccc1Nc1ccc(NS(=O)(=O)c2c(C)noc2C)cn1. The lowest BCUT2D eigenvalue weighted by Crippen LogP contribution is -2.14. The van der Waals surface area contributed by atoms with Gasteiger partial charge in [-0.2, -0.15) is 0 Å². The van der Waals surface area contributed by atoms with Crippen LogP contribution in [0.3, 0.4) is 0 Å². The highest BCUT2D eigenvalue weighted by Crippen LogP contribution is 2.27. The lowest BCUT2D eigenvalue weighted by molar-refractivity contribution is 0.342. The molecule has 1 aromatic carbocycles. The molecule has 0 unspecified atom stereocenters. The predicted octanol–water partition coefficient (Wildman–Crippen LogP) is 3.63. The lowest BCUT2D eigenvalue weighted by Gasteiger charge is -2.12. The Labute approximate surface area is 157 Å². The van der Waals surface area contributed by atoms with Crippen LogP contribution in [0.2, 0.25) is 0 Å². The number of hydrogen-bond donors (Lipinski definition) is 2. The first-order valence-corrected chi connectivity index (χ1v) is 9.79. The summed E-state index contributed by atoms with van der Waals surface area (Å²) in [6, 6.07) is 10.8. The van der Waals surface area contributed by atoms with Gasteiger partial charge < -0.3 is 14.6 Å². The van der Waals surface area contributed by atoms with Gasteiger partial charge in [-0.3, -0.25) is 4.72 Å². The number of pyridine rings is 1. The minimum absolute atomic E-state index is 0.0374. The Hall–Kier alpha value is -3.07. The van der Waals surface area contributed by atoms with Crippen molar-refractivity contribution in [1.82, 2.24) is 10.1 Å². The number of aryl methyl sites for hydroxylation is 2. The van der Waals surface area contributed by atoms with E-state index in [1.165, 1.54) is 6.20 Å². The molecule has 3 aromatic rings. The van der Waals surface area contributed by atoms with Gasteiger partial charge in [0.15, 0.2) is 10.7 Å². The summed E-state index contributed by atoms with van der Waals surface area (Å²) in [5.74, 6) is 1.51. The number of aromatic nitrogens is 2. The van der Waals surface area contributed by atoms with Gasteiger partial charge in [0.1, 0.15) is 17.3 Å². The van der Waals surface area contributed by atoms with Crippen molar-refractivity contribution in [2.45, 2.75) is 25.7 Å². The topological polar surface area (TPSA) is 106 Å². The number of nitrogens with one attached hydrogen (secondary N) is 2. The highest BCUT2D eigenvalue weighted by molar-refractivity contribution is 7.92. The summed E-state index contributed by atoms with van der Waals surface area (Å²) in [5, 5.41) is 6.83. The molecule has 9 heteroatoms. The molecule has 0 saturated heterocycles. The van der Waals surface area contributed by atoms with Crippen LogP contribution in [0, 0.1) is 13.8 Å². The van der Waals surface area contributed by atoms with E-state index in [0.717, 1.165) is 5.69 Å². The van der Waals surface area contributed by atoms with Crippen LogP contribution in [0.25, 0.3) is 0 Å². The number of ether oxygens (including phenoxy) is 1. The average molecular weight is 388 g/mol. The number of para-hydroxylation sites is 2. The molecule has 0 radical (unpaired) electrons. The van der Waals surface area contributed by atoms with Crippen molar-refractivity contribution in [2.75, 3.05) is 16.6 Å². The number of hydrogen-bond acceptors (Lipinski definition) is 7. The van der Waals surface area contributed by atoms with Crippen molar-refractivity contribution in [1.29, 1.82) is 0 Å². The van der Waals surface area contributed by atoms with E-state index in [9.17, 15) is 8.42 Å². The van der Waals surface area contributed by atoms with Crippen LogP contribution in [-0.2, 0) is 10.0 Å². The molecule has 0 aliphatic carbocycles. The zero-order valence-electron chi connectivity index (χ0n) is 15.2. The largest absolute Gasteiger partial charge is 0.492 e. The lowest BCUT2D eigenvalue weighted by atomic mass is 10.3. The molecule has 0 bridgehead atoms. The molecule has 0 saturated carbocycles. The molecule has 0 atom stereocenters. The summed E-state index contributed by atoms with van der Waals surface area (Å²) in [7, 11) is -3.80. The molecule has 0 aliphatic heterocycles. The molecule has 142 valence electrons. The normalized spacial score (nSPS) is 11.2. The van der Waals surface area contributed by atoms with Crippen LogP contribution < -0.4 is 14.8 Å². The predicted molar refractivity (Wildman–Crippen MR) is 102 cm³/mol. The van der Waals surface area contributed by atoms with Gasteiger partial charge in [-0.15, -0.1) is 0 Å². The van der Waals surface area contributed by atoms with E-state index >= 15 is 0 Å². The molecule has 2 N–H and O–H groups in total. The Morgan fingerprint density at radius 3 is 2.56 bits per heavy atom. The summed E-state index contributed by atoms with van der Waals surface area (Å²) < 4.78 is 38.0. The fourth-order valence-electron chi connectivity index (χ4n) is 2.58. The Morgan fingerprint density at radius 2 is 1.93 bits per heavy atom. The number of anilines is 3. The standard InChI is InChI=1S/C18H20N4O4S/c1-4-25-16-8-6-5-7-15(16)20-17-10-9-14(11-19-17)22-27(23,24)18-12(2)21-26-13(18)3/h5-11,22H,4H2,1-3H3,(H,19,20). The third-order valence-electron chi connectivity index (χ3n) is 3.70. The molecule has 3 rings (SSSR count). The molecule has 0 amide bonds. The van der Waals surface area contributed by atoms with Crippen LogP contribution in [0.1, 0.15) is 18.4 Å². The first-order valence-electron chi connectivity index (χ1n) is 8.31. The van der Waals surface area contributed by atoms with Crippen molar-refractivity contribution in [2.24, 2.45) is 0 Å². The molecule has 2 aromatic heterocycles. The third-order valence-corrected chi connectivity index (χ3v) is 5.33. The summed E-state index contributed by atoms with van der Waals surface area (Å²) in [6.07, 6.45) is 1.43. The van der Waals surface area contributed by atoms with Crippen LogP contribution in [-0.4, -0.2) is 25.2 Å². The van der Waals surface area contributed by atoms with E-state index in [0.29, 0.717) is 29.6 Å². The fraction of sp³-hybridized carbons (Fsp3) is 0.222. The molecule has 8 nitrogen and oxygen atoms in total. The first kappa shape index (κ1) is 18.7. The van der Waals surface area contributed by atoms with Crippen molar-refractivity contribution in [3.8, 4) is 5.75 Å². The number of benzene rings is 1. The van der Waals surface area contributed by atoms with Crippen LogP contribution in [0.15, 0.2) is 52.0 Å². The zero-order chi connectivity index (χ0) is 19.4. The van der Waals surface area contributed by atoms with Crippen molar-refractivity contribution in [3.63, 3.8) is 0 Å². The van der Waals surface area contributed by atoms with E-state index in [4.69, 9.17) is 9.26 Å². The minimum atomic E-state index is -3.80. The Morgan fingerprint density at radius 1 is 1.15 bits per heavy atom. The average Bonchev–Trinajstić information content (AvgIpc) is 2.97. The molecule has 2 heterocycles. The van der Waals surface area contributed by atoms with Crippen LogP contribution >= 0.6 is 0 Å². The van der Waals surface area contributed by atoms with Gasteiger partial charge in [-0.05, 0) is 45.0 Å². The van der Waals surface area contributed by atoms with Gasteiger partial charge in [0.05, 0.1) is 24.2 Å². The smallest absolute Gasteiger partial charge is 0.267 e. The second kappa shape index (κ2) is 7.67. The van der Waals surface area contributed by atoms with Crippen molar-refractivity contribution < 1.29 is 17.7 Å². The molecular formula is C18H20N4O4S. The molecular weight excluding hydrogens is 368 g/mol. The monoisotopic (exact) mass is 388 g/mol. The zero-order valence-corrected chi connectivity index (χ0v) is 16.0. The Balaban J connectivity index is 1.76. The summed E-state index contributed by atoms with van der Waals surface area (Å²) >= 11 is 0. The maximum atomic E-state index is 12.5. The van der Waals surface area contributed by atoms with E-state index in [2.05, 4.69) is 20.2 Å². The third kappa shape index (κ3) is 4.20. The maximum Gasteiger partial charge on any atom is 0.267 e. The molecule has 0 aliphatic rings. The number of rotatable bonds is 7. The van der Waals surface area contributed by atoms with E-state index in [1.807, 2.05) is 31.2 Å². The Kier molecular flexibility index (Phi) is 5.31. The van der Waals surface area contributed by atoms with E-state index < -0.39 is 10.0 Å². The first-order chi connectivity index (χ1) is 12.9. The second-order valence-corrected chi connectivity index (χ2v) is 7.36. The van der Waals surface area contributed by atoms with Crippen molar-refractivity contribution >= 4 is 27.2 Å². The fourth-order valence-corrected chi connectivity index (χ4v) is 3.96. The highest BCUT2D eigenvalue weighted by atomic mass is 32.2. The summed E-state index contributed by atoms with van der Waals surface area (Å²) in [4.78, 5) is 4.29. The quantitative estimate of drug-likeness (QED) is 0.636. The van der Waals surface area contributed by atoms with Gasteiger partial charge in [0.25, 0.3) is 10.0 Å². The van der Waals surface area contributed by atoms with Gasteiger partial charge in [0, 0.05) is 0 Å². The molecule has 0 spiro atoms. The van der Waals surface area contributed by atoms with Crippen LogP contribution in [0.4, 0.5) is 17.2 Å². The minimum Gasteiger partial charge on any atom is -0.492 e. The van der Waals surface area contributed by atoms with Crippen molar-refractivity contribution in [3.05, 3.63) is 54.0 Å². The molecule has 0 fully saturated rings. The van der Waals surface area contributed by atoms with Gasteiger partial charge >= 0.3 is 0 Å². The van der Waals surface area contributed by atoms with E-state index in [1.54, 1.807) is 26.0 Å². The number of nitrogens with zero attached hydrogens (tertiary/aromatic N) is 2.